The van der Waals surface area contributed by atoms with Crippen LogP contribution in [-0.2, 0) is 4.79 Å². The van der Waals surface area contributed by atoms with Gasteiger partial charge in [0, 0.05) is 16.5 Å². The van der Waals surface area contributed by atoms with E-state index in [1.807, 2.05) is 12.3 Å². The number of thiazole rings is 1. The van der Waals surface area contributed by atoms with Gasteiger partial charge in [-0.3, -0.25) is 4.79 Å². The molecule has 14 heavy (non-hydrogen) atoms. The van der Waals surface area contributed by atoms with E-state index in [1.54, 1.807) is 17.4 Å². The van der Waals surface area contributed by atoms with Crippen LogP contribution in [0.2, 0.25) is 0 Å². The molecule has 1 aromatic heterocycles. The molecule has 0 fully saturated rings. The van der Waals surface area contributed by atoms with Crippen LogP contribution in [0.1, 0.15) is 10.7 Å². The minimum absolute atomic E-state index is 0.519. The zero-order valence-corrected chi connectivity index (χ0v) is 8.80. The number of allylic oxidation sites excluding steroid dienone is 4. The highest BCUT2D eigenvalue weighted by Gasteiger charge is 2.06. The van der Waals surface area contributed by atoms with E-state index in [9.17, 15) is 4.79 Å². The molecule has 0 unspecified atom stereocenters. The van der Waals surface area contributed by atoms with Crippen LogP contribution in [0.5, 0.6) is 0 Å². The highest BCUT2D eigenvalue weighted by atomic mass is 32.1. The molecule has 72 valence electrons. The first-order chi connectivity index (χ1) is 6.72. The quantitative estimate of drug-likeness (QED) is 0.430. The van der Waals surface area contributed by atoms with Crippen LogP contribution in [0.4, 0.5) is 0 Å². The molecular weight excluding hydrogens is 194 g/mol. The van der Waals surface area contributed by atoms with Crippen LogP contribution < -0.4 is 0 Å². The molecule has 1 heterocycles. The van der Waals surface area contributed by atoms with Crippen LogP contribution in [0, 0.1) is 6.92 Å². The molecule has 0 aliphatic rings. The van der Waals surface area contributed by atoms with Crippen molar-refractivity contribution in [2.45, 2.75) is 6.92 Å². The van der Waals surface area contributed by atoms with Gasteiger partial charge in [0.1, 0.15) is 0 Å². The maximum absolute atomic E-state index is 10.7. The van der Waals surface area contributed by atoms with Gasteiger partial charge in [0.15, 0.2) is 6.29 Å². The lowest BCUT2D eigenvalue weighted by atomic mass is 10.1. The standard InChI is InChI=1S/C11H11NOS/c1-4-9(6-13)10(5-2)11-7-14-8(3)12-11/h4-7H,1-2H2,3H3/b10-9-. The minimum atomic E-state index is 0.519. The molecule has 0 bridgehead atoms. The summed E-state index contributed by atoms with van der Waals surface area (Å²) < 4.78 is 0. The normalized spacial score (nSPS) is 11.8. The number of aryl methyl sites for hydroxylation is 1. The van der Waals surface area contributed by atoms with Crippen molar-refractivity contribution < 1.29 is 4.79 Å². The summed E-state index contributed by atoms with van der Waals surface area (Å²) in [5.41, 5.74) is 2.04. The van der Waals surface area contributed by atoms with E-state index in [0.29, 0.717) is 5.57 Å². The predicted molar refractivity (Wildman–Crippen MR) is 60.2 cm³/mol. The lowest BCUT2D eigenvalue weighted by molar-refractivity contribution is -0.104. The third-order valence-electron chi connectivity index (χ3n) is 1.76. The number of carbonyl (C=O) groups is 1. The Labute approximate surface area is 87.3 Å². The second-order valence-electron chi connectivity index (χ2n) is 2.65. The molecule has 3 heteroatoms. The number of rotatable bonds is 4. The second kappa shape index (κ2) is 4.67. The van der Waals surface area contributed by atoms with Gasteiger partial charge < -0.3 is 0 Å². The molecule has 1 rings (SSSR count). The number of carbonyl (C=O) groups excluding carboxylic acids is 1. The van der Waals surface area contributed by atoms with Crippen LogP contribution in [0.3, 0.4) is 0 Å². The van der Waals surface area contributed by atoms with E-state index in [1.165, 1.54) is 6.08 Å². The molecule has 0 saturated carbocycles. The Hall–Kier alpha value is -1.48. The Kier molecular flexibility index (Phi) is 3.54. The Bertz CT molecular complexity index is 391. The number of aldehydes is 1. The highest BCUT2D eigenvalue weighted by molar-refractivity contribution is 7.09. The predicted octanol–water partition coefficient (Wildman–Crippen LogP) is 2.78. The van der Waals surface area contributed by atoms with Gasteiger partial charge in [-0.15, -0.1) is 11.3 Å². The van der Waals surface area contributed by atoms with Crippen molar-refractivity contribution in [2.24, 2.45) is 0 Å². The van der Waals surface area contributed by atoms with Crippen LogP contribution >= 0.6 is 11.3 Å². The van der Waals surface area contributed by atoms with Gasteiger partial charge >= 0.3 is 0 Å². The monoisotopic (exact) mass is 205 g/mol. The Morgan fingerprint density at radius 1 is 1.50 bits per heavy atom. The summed E-state index contributed by atoms with van der Waals surface area (Å²) in [6, 6.07) is 0. The van der Waals surface area contributed by atoms with Crippen molar-refractivity contribution >= 4 is 23.2 Å². The summed E-state index contributed by atoms with van der Waals surface area (Å²) >= 11 is 1.54. The van der Waals surface area contributed by atoms with E-state index < -0.39 is 0 Å². The van der Waals surface area contributed by atoms with Gasteiger partial charge in [-0.25, -0.2) is 4.98 Å². The molecule has 0 atom stereocenters. The number of aromatic nitrogens is 1. The van der Waals surface area contributed by atoms with Gasteiger partial charge in [-0.2, -0.15) is 0 Å². The van der Waals surface area contributed by atoms with Crippen LogP contribution in [0.25, 0.3) is 5.57 Å². The van der Waals surface area contributed by atoms with Crippen LogP contribution in [-0.4, -0.2) is 11.3 Å². The van der Waals surface area contributed by atoms with Crippen molar-refractivity contribution in [2.75, 3.05) is 0 Å². The van der Waals surface area contributed by atoms with E-state index in [-0.39, 0.29) is 0 Å². The Morgan fingerprint density at radius 2 is 2.21 bits per heavy atom. The average Bonchev–Trinajstić information content (AvgIpc) is 2.60. The smallest absolute Gasteiger partial charge is 0.150 e. The summed E-state index contributed by atoms with van der Waals surface area (Å²) in [6.07, 6.45) is 3.90. The molecule has 0 aliphatic carbocycles. The zero-order valence-electron chi connectivity index (χ0n) is 7.99. The topological polar surface area (TPSA) is 30.0 Å². The minimum Gasteiger partial charge on any atom is -0.298 e. The molecular formula is C11H11NOS. The first-order valence-electron chi connectivity index (χ1n) is 4.09. The molecule has 1 aromatic rings. The molecule has 0 radical (unpaired) electrons. The fourth-order valence-electron chi connectivity index (χ4n) is 1.08. The summed E-state index contributed by atoms with van der Waals surface area (Å²) in [6.45, 7) is 9.16. The van der Waals surface area contributed by atoms with E-state index >= 15 is 0 Å². The van der Waals surface area contributed by atoms with E-state index in [4.69, 9.17) is 0 Å². The maximum atomic E-state index is 10.7. The molecule has 2 nitrogen and oxygen atoms in total. The molecule has 0 spiro atoms. The summed E-state index contributed by atoms with van der Waals surface area (Å²) in [4.78, 5) is 15.0. The van der Waals surface area contributed by atoms with E-state index in [0.717, 1.165) is 22.6 Å². The van der Waals surface area contributed by atoms with Crippen molar-refractivity contribution in [1.29, 1.82) is 0 Å². The molecule has 0 N–H and O–H groups in total. The lowest BCUT2D eigenvalue weighted by Crippen LogP contribution is -1.89. The van der Waals surface area contributed by atoms with Gasteiger partial charge in [-0.1, -0.05) is 25.3 Å². The fraction of sp³-hybridized carbons (Fsp3) is 0.0909. The second-order valence-corrected chi connectivity index (χ2v) is 3.71. The SMILES string of the molecule is C=C/C(C=O)=C(\C=C)c1csc(C)n1. The summed E-state index contributed by atoms with van der Waals surface area (Å²) in [7, 11) is 0. The molecule has 0 aromatic carbocycles. The van der Waals surface area contributed by atoms with E-state index in [2.05, 4.69) is 18.1 Å². The van der Waals surface area contributed by atoms with Gasteiger partial charge in [0.05, 0.1) is 10.7 Å². The van der Waals surface area contributed by atoms with Crippen molar-refractivity contribution in [3.63, 3.8) is 0 Å². The number of hydrogen-bond acceptors (Lipinski definition) is 3. The summed E-state index contributed by atoms with van der Waals surface area (Å²) in [5.74, 6) is 0. The highest BCUT2D eigenvalue weighted by Crippen LogP contribution is 2.21. The lowest BCUT2D eigenvalue weighted by Gasteiger charge is -1.98. The first-order valence-corrected chi connectivity index (χ1v) is 4.97. The third-order valence-corrected chi connectivity index (χ3v) is 2.53. The van der Waals surface area contributed by atoms with Gasteiger partial charge in [-0.05, 0) is 6.92 Å². The largest absolute Gasteiger partial charge is 0.298 e. The fourth-order valence-corrected chi connectivity index (χ4v) is 1.69. The van der Waals surface area contributed by atoms with Crippen LogP contribution in [0.15, 0.2) is 36.3 Å². The molecule has 0 saturated heterocycles. The first kappa shape index (κ1) is 10.6. The van der Waals surface area contributed by atoms with Gasteiger partial charge in [0.25, 0.3) is 0 Å². The van der Waals surface area contributed by atoms with Crippen molar-refractivity contribution in [3.8, 4) is 0 Å². The molecule has 0 aliphatic heterocycles. The Morgan fingerprint density at radius 3 is 2.57 bits per heavy atom. The number of hydrogen-bond donors (Lipinski definition) is 0. The third kappa shape index (κ3) is 2.06. The van der Waals surface area contributed by atoms with Crippen molar-refractivity contribution in [3.05, 3.63) is 47.0 Å². The maximum Gasteiger partial charge on any atom is 0.150 e. The van der Waals surface area contributed by atoms with Crippen molar-refractivity contribution in [1.82, 2.24) is 4.98 Å². The average molecular weight is 205 g/mol. The zero-order chi connectivity index (χ0) is 10.6. The molecule has 0 amide bonds. The summed E-state index contributed by atoms with van der Waals surface area (Å²) in [5, 5.41) is 2.87. The van der Waals surface area contributed by atoms with Gasteiger partial charge in [0.2, 0.25) is 0 Å². The number of nitrogens with zero attached hydrogens (tertiary/aromatic N) is 1. The Balaban J connectivity index is 3.27.